The van der Waals surface area contributed by atoms with Gasteiger partial charge in [-0.15, -0.1) is 0 Å². The number of benzene rings is 1. The second-order valence-corrected chi connectivity index (χ2v) is 12.6. The quantitative estimate of drug-likeness (QED) is 0.423. The Bertz CT molecular complexity index is 968. The molecule has 2 aliphatic heterocycles. The van der Waals surface area contributed by atoms with Gasteiger partial charge in [0.2, 0.25) is 12.4 Å². The molecule has 0 spiro atoms. The second kappa shape index (κ2) is 10.7. The minimum absolute atomic E-state index is 0.0807. The van der Waals surface area contributed by atoms with E-state index in [-0.39, 0.29) is 6.61 Å². The van der Waals surface area contributed by atoms with Crippen molar-refractivity contribution in [3.05, 3.63) is 35.9 Å². The minimum atomic E-state index is -1.34. The molecule has 2 fully saturated rings. The highest BCUT2D eigenvalue weighted by atomic mass is 16.8. The lowest BCUT2D eigenvalue weighted by Gasteiger charge is -2.48. The van der Waals surface area contributed by atoms with Gasteiger partial charge in [-0.05, 0) is 62.3 Å². The van der Waals surface area contributed by atoms with Crippen LogP contribution in [0.4, 0.5) is 0 Å². The summed E-state index contributed by atoms with van der Waals surface area (Å²) in [6.07, 6.45) is -6.08. The Morgan fingerprint density at radius 1 is 0.703 bits per heavy atom. The van der Waals surface area contributed by atoms with Gasteiger partial charge in [0.1, 0.15) is 12.2 Å². The van der Waals surface area contributed by atoms with E-state index in [0.717, 1.165) is 5.56 Å². The highest BCUT2D eigenvalue weighted by Crippen LogP contribution is 2.38. The normalized spacial score (nSPS) is 28.6. The predicted molar refractivity (Wildman–Crippen MR) is 133 cm³/mol. The number of fused-ring (bicyclic) bond motifs is 1. The van der Waals surface area contributed by atoms with E-state index in [0.29, 0.717) is 0 Å². The summed E-state index contributed by atoms with van der Waals surface area (Å²) in [5.41, 5.74) is -1.81. The van der Waals surface area contributed by atoms with Gasteiger partial charge in [-0.3, -0.25) is 14.4 Å². The Labute approximate surface area is 219 Å². The summed E-state index contributed by atoms with van der Waals surface area (Å²) in [6.45, 7) is 15.4. The van der Waals surface area contributed by atoms with E-state index in [9.17, 15) is 14.4 Å². The molecule has 9 nitrogen and oxygen atoms in total. The van der Waals surface area contributed by atoms with E-state index in [4.69, 9.17) is 28.4 Å². The first-order valence-electron chi connectivity index (χ1n) is 12.6. The Kier molecular flexibility index (Phi) is 8.41. The van der Waals surface area contributed by atoms with Gasteiger partial charge < -0.3 is 28.4 Å². The molecule has 0 bridgehead atoms. The molecule has 0 aromatic heterocycles. The fraction of sp³-hybridized carbons (Fsp3) is 0.679. The summed E-state index contributed by atoms with van der Waals surface area (Å²) in [4.78, 5) is 38.9. The molecular weight excluding hydrogens is 480 g/mol. The van der Waals surface area contributed by atoms with Crippen molar-refractivity contribution in [2.24, 2.45) is 16.2 Å². The first kappa shape index (κ1) is 29.1. The number of ether oxygens (including phenoxy) is 6. The number of rotatable bonds is 4. The maximum Gasteiger partial charge on any atom is 0.313 e. The highest BCUT2D eigenvalue weighted by Gasteiger charge is 2.56. The predicted octanol–water partition coefficient (Wildman–Crippen LogP) is 4.33. The zero-order valence-corrected chi connectivity index (χ0v) is 23.2. The van der Waals surface area contributed by atoms with Crippen LogP contribution in [0, 0.1) is 16.2 Å². The largest absolute Gasteiger partial charge is 0.455 e. The van der Waals surface area contributed by atoms with E-state index in [2.05, 4.69) is 0 Å². The molecule has 37 heavy (non-hydrogen) atoms. The van der Waals surface area contributed by atoms with Gasteiger partial charge in [-0.25, -0.2) is 0 Å². The summed E-state index contributed by atoms with van der Waals surface area (Å²) in [7, 11) is 0. The maximum absolute atomic E-state index is 13.1. The van der Waals surface area contributed by atoms with Crippen LogP contribution >= 0.6 is 0 Å². The molecule has 0 amide bonds. The van der Waals surface area contributed by atoms with Crippen LogP contribution in [-0.4, -0.2) is 55.2 Å². The van der Waals surface area contributed by atoms with Gasteiger partial charge in [0, 0.05) is 5.56 Å². The molecule has 0 radical (unpaired) electrons. The molecule has 206 valence electrons. The first-order valence-corrected chi connectivity index (χ1v) is 12.6. The van der Waals surface area contributed by atoms with Crippen molar-refractivity contribution in [3.63, 3.8) is 0 Å². The maximum atomic E-state index is 13.1. The fourth-order valence-corrected chi connectivity index (χ4v) is 3.56. The summed E-state index contributed by atoms with van der Waals surface area (Å²) in [6, 6.07) is 9.31. The minimum Gasteiger partial charge on any atom is -0.455 e. The molecule has 0 saturated carbocycles. The van der Waals surface area contributed by atoms with E-state index in [1.165, 1.54) is 0 Å². The van der Waals surface area contributed by atoms with Crippen LogP contribution in [0.15, 0.2) is 30.3 Å². The molecule has 0 aliphatic carbocycles. The van der Waals surface area contributed by atoms with Crippen molar-refractivity contribution in [1.82, 2.24) is 0 Å². The highest BCUT2D eigenvalue weighted by molar-refractivity contribution is 5.77. The van der Waals surface area contributed by atoms with Crippen LogP contribution in [0.2, 0.25) is 0 Å². The summed E-state index contributed by atoms with van der Waals surface area (Å²) < 4.78 is 35.8. The van der Waals surface area contributed by atoms with Crippen molar-refractivity contribution in [3.8, 4) is 0 Å². The summed E-state index contributed by atoms with van der Waals surface area (Å²) in [5.74, 6) is -1.66. The van der Waals surface area contributed by atoms with Crippen LogP contribution in [0.25, 0.3) is 0 Å². The van der Waals surface area contributed by atoms with E-state index in [1.807, 2.05) is 30.3 Å². The van der Waals surface area contributed by atoms with Gasteiger partial charge in [0.25, 0.3) is 0 Å². The van der Waals surface area contributed by atoms with Crippen molar-refractivity contribution < 1.29 is 42.8 Å². The molecule has 0 N–H and O–H groups in total. The molecule has 1 aromatic carbocycles. The third kappa shape index (κ3) is 7.09. The van der Waals surface area contributed by atoms with E-state index in [1.54, 1.807) is 62.3 Å². The van der Waals surface area contributed by atoms with Gasteiger partial charge >= 0.3 is 17.9 Å². The van der Waals surface area contributed by atoms with Gasteiger partial charge in [0.15, 0.2) is 12.4 Å². The van der Waals surface area contributed by atoms with Crippen molar-refractivity contribution in [2.75, 3.05) is 6.61 Å². The molecule has 3 rings (SSSR count). The van der Waals surface area contributed by atoms with E-state index < -0.39 is 71.1 Å². The summed E-state index contributed by atoms with van der Waals surface area (Å²) >= 11 is 0. The van der Waals surface area contributed by atoms with Crippen molar-refractivity contribution >= 4 is 17.9 Å². The lowest BCUT2D eigenvalue weighted by atomic mass is 9.93. The SMILES string of the molecule is CC(C)(C)C(=O)O[C@@H]1O[C@@H]2CO[C@@H](c3ccccc3)O[C@H]2[C@H](OC(=O)C(C)(C)C)[C@H]1OC(=O)C(C)(C)C. The number of carbonyl (C=O) groups is 3. The Balaban J connectivity index is 2.01. The molecule has 0 unspecified atom stereocenters. The number of hydrogen-bond acceptors (Lipinski definition) is 9. The molecular formula is C28H40O9. The standard InChI is InChI=1S/C28H40O9/c1-26(2,3)23(29)35-19-18-17(15-32-21(34-18)16-13-11-10-12-14-16)33-22(37-25(31)28(7,8)9)20(19)36-24(30)27(4,5)6/h10-14,17-22H,15H2,1-9H3/t17-,18-,19+,20-,21-,22+/m1/s1. The van der Waals surface area contributed by atoms with E-state index >= 15 is 0 Å². The monoisotopic (exact) mass is 520 g/mol. The Hall–Kier alpha value is -2.49. The van der Waals surface area contributed by atoms with Gasteiger partial charge in [-0.2, -0.15) is 0 Å². The Morgan fingerprint density at radius 2 is 1.19 bits per heavy atom. The smallest absolute Gasteiger partial charge is 0.313 e. The molecule has 9 heteroatoms. The molecule has 1 aromatic rings. The average molecular weight is 521 g/mol. The molecule has 2 heterocycles. The van der Waals surface area contributed by atoms with Crippen LogP contribution in [-0.2, 0) is 42.8 Å². The molecule has 2 aliphatic rings. The number of hydrogen-bond donors (Lipinski definition) is 0. The zero-order chi connectivity index (χ0) is 27.8. The first-order chi connectivity index (χ1) is 17.0. The number of carbonyl (C=O) groups excluding carboxylic acids is 3. The third-order valence-corrected chi connectivity index (χ3v) is 5.90. The van der Waals surface area contributed by atoms with Crippen LogP contribution in [0.3, 0.4) is 0 Å². The van der Waals surface area contributed by atoms with Crippen molar-refractivity contribution in [2.45, 2.75) is 99.3 Å². The lowest BCUT2D eigenvalue weighted by Crippen LogP contribution is -2.65. The second-order valence-electron chi connectivity index (χ2n) is 12.6. The zero-order valence-electron chi connectivity index (χ0n) is 23.2. The molecule has 6 atom stereocenters. The van der Waals surface area contributed by atoms with Gasteiger partial charge in [0.05, 0.1) is 22.9 Å². The summed E-state index contributed by atoms with van der Waals surface area (Å²) in [5, 5.41) is 0. The van der Waals surface area contributed by atoms with Crippen LogP contribution < -0.4 is 0 Å². The van der Waals surface area contributed by atoms with Crippen LogP contribution in [0.1, 0.15) is 74.2 Å². The van der Waals surface area contributed by atoms with Gasteiger partial charge in [-0.1, -0.05) is 30.3 Å². The lowest BCUT2D eigenvalue weighted by molar-refractivity contribution is -0.359. The topological polar surface area (TPSA) is 107 Å². The van der Waals surface area contributed by atoms with Crippen LogP contribution in [0.5, 0.6) is 0 Å². The third-order valence-electron chi connectivity index (χ3n) is 5.90. The number of esters is 3. The molecule has 2 saturated heterocycles. The fourth-order valence-electron chi connectivity index (χ4n) is 3.56. The van der Waals surface area contributed by atoms with Crippen molar-refractivity contribution in [1.29, 1.82) is 0 Å². The average Bonchev–Trinajstić information content (AvgIpc) is 2.79. The Morgan fingerprint density at radius 3 is 1.70 bits per heavy atom.